The molecule has 0 radical (unpaired) electrons. The Kier molecular flexibility index (Phi) is 4.89. The zero-order valence-corrected chi connectivity index (χ0v) is 14.0. The summed E-state index contributed by atoms with van der Waals surface area (Å²) < 4.78 is 0. The molecule has 1 heterocycles. The summed E-state index contributed by atoms with van der Waals surface area (Å²) >= 11 is 3.42. The quantitative estimate of drug-likeness (QED) is 0.807. The monoisotopic (exact) mass is 307 g/mol. The number of hydrogen-bond acceptors (Lipinski definition) is 4. The Hall–Kier alpha value is -0.840. The first-order chi connectivity index (χ1) is 9.38. The third-order valence-electron chi connectivity index (χ3n) is 2.91. The van der Waals surface area contributed by atoms with Crippen molar-refractivity contribution in [3.05, 3.63) is 45.9 Å². The van der Waals surface area contributed by atoms with Crippen molar-refractivity contribution in [2.24, 2.45) is 0 Å². The van der Waals surface area contributed by atoms with E-state index in [0.29, 0.717) is 5.92 Å². The van der Waals surface area contributed by atoms with Crippen LogP contribution in [0.2, 0.25) is 0 Å². The number of rotatable bonds is 5. The van der Waals surface area contributed by atoms with E-state index >= 15 is 0 Å². The molecule has 1 aromatic heterocycles. The first-order valence-corrected chi connectivity index (χ1v) is 8.58. The summed E-state index contributed by atoms with van der Waals surface area (Å²) in [5.41, 5.74) is 0.221. The van der Waals surface area contributed by atoms with Gasteiger partial charge in [-0.1, -0.05) is 32.0 Å². The van der Waals surface area contributed by atoms with Crippen LogP contribution < -0.4 is 0 Å². The average Bonchev–Trinajstić information content (AvgIpc) is 2.82. The average molecular weight is 307 g/mol. The topological polar surface area (TPSA) is 33.1 Å². The highest BCUT2D eigenvalue weighted by Gasteiger charge is 2.26. The minimum Gasteiger partial charge on any atom is -0.385 e. The fourth-order valence-corrected chi connectivity index (χ4v) is 4.06. The van der Waals surface area contributed by atoms with Crippen LogP contribution in [-0.4, -0.2) is 10.1 Å². The molecule has 0 amide bonds. The largest absolute Gasteiger partial charge is 0.385 e. The molecule has 20 heavy (non-hydrogen) atoms. The van der Waals surface area contributed by atoms with Crippen LogP contribution in [0.4, 0.5) is 0 Å². The summed E-state index contributed by atoms with van der Waals surface area (Å²) in [6.07, 6.45) is 0. The number of aromatic nitrogens is 1. The van der Waals surface area contributed by atoms with Gasteiger partial charge in [0, 0.05) is 4.90 Å². The van der Waals surface area contributed by atoms with E-state index in [-0.39, 0.29) is 0 Å². The number of nitrogens with zero attached hydrogens (tertiary/aromatic N) is 1. The van der Waals surface area contributed by atoms with Gasteiger partial charge in [-0.25, -0.2) is 4.98 Å². The molecule has 2 rings (SSSR count). The molecule has 0 unspecified atom stereocenters. The van der Waals surface area contributed by atoms with Gasteiger partial charge >= 0.3 is 0 Å². The number of aliphatic hydroxyl groups is 1. The highest BCUT2D eigenvalue weighted by atomic mass is 32.2. The molecule has 0 saturated heterocycles. The summed E-state index contributed by atoms with van der Waals surface area (Å²) in [4.78, 5) is 6.97. The van der Waals surface area contributed by atoms with Gasteiger partial charge in [-0.3, -0.25) is 0 Å². The van der Waals surface area contributed by atoms with Crippen molar-refractivity contribution < 1.29 is 5.11 Å². The first kappa shape index (κ1) is 15.5. The van der Waals surface area contributed by atoms with Crippen molar-refractivity contribution in [2.75, 3.05) is 0 Å². The predicted octanol–water partition coefficient (Wildman–Crippen LogP) is 4.79. The van der Waals surface area contributed by atoms with Crippen LogP contribution in [0.25, 0.3) is 0 Å². The minimum atomic E-state index is -0.813. The molecule has 4 heteroatoms. The second kappa shape index (κ2) is 6.29. The summed E-state index contributed by atoms with van der Waals surface area (Å²) in [7, 11) is 0. The molecular weight excluding hydrogens is 286 g/mol. The fraction of sp³-hybridized carbons (Fsp3) is 0.438. The number of thioether (sulfide) groups is 1. The maximum Gasteiger partial charge on any atom is 0.103 e. The van der Waals surface area contributed by atoms with Crippen LogP contribution in [0.1, 0.15) is 49.2 Å². The smallest absolute Gasteiger partial charge is 0.103 e. The van der Waals surface area contributed by atoms with E-state index in [1.54, 1.807) is 23.1 Å². The third kappa shape index (κ3) is 3.84. The van der Waals surface area contributed by atoms with Gasteiger partial charge in [0.1, 0.15) is 5.01 Å². The van der Waals surface area contributed by atoms with E-state index in [0.717, 1.165) is 21.3 Å². The third-order valence-corrected chi connectivity index (χ3v) is 5.50. The van der Waals surface area contributed by atoms with E-state index in [9.17, 15) is 5.11 Å². The first-order valence-electron chi connectivity index (χ1n) is 6.78. The number of thiazole rings is 1. The molecule has 0 spiro atoms. The van der Waals surface area contributed by atoms with Gasteiger partial charge in [0.25, 0.3) is 0 Å². The fourth-order valence-electron chi connectivity index (χ4n) is 1.93. The molecule has 1 N–H and O–H groups in total. The Morgan fingerprint density at radius 3 is 2.40 bits per heavy atom. The zero-order chi connectivity index (χ0) is 14.8. The summed E-state index contributed by atoms with van der Waals surface area (Å²) in [5.74, 6) is 1.19. The van der Waals surface area contributed by atoms with Gasteiger partial charge in [0.15, 0.2) is 0 Å². The molecule has 2 nitrogen and oxygen atoms in total. The van der Waals surface area contributed by atoms with Gasteiger partial charge in [-0.05, 0) is 31.9 Å². The van der Waals surface area contributed by atoms with Crippen molar-refractivity contribution in [1.29, 1.82) is 0 Å². The van der Waals surface area contributed by atoms with Crippen LogP contribution in [0.3, 0.4) is 0 Å². The van der Waals surface area contributed by atoms with Crippen molar-refractivity contribution in [3.8, 4) is 0 Å². The molecule has 0 atom stereocenters. The minimum absolute atomic E-state index is 0.336. The lowest BCUT2D eigenvalue weighted by Crippen LogP contribution is -2.16. The summed E-state index contributed by atoms with van der Waals surface area (Å²) in [5, 5.41) is 11.4. The standard InChI is InChI=1S/C16H21NOS2/c1-11(2)14-15(16(3,4)18)20-13(17-14)10-19-12-8-6-5-7-9-12/h5-9,11,18H,10H2,1-4H3. The van der Waals surface area contributed by atoms with Gasteiger partial charge in [-0.2, -0.15) is 0 Å². The maximum absolute atomic E-state index is 10.3. The summed E-state index contributed by atoms with van der Waals surface area (Å²) in [6, 6.07) is 10.3. The number of hydrogen-bond donors (Lipinski definition) is 1. The van der Waals surface area contributed by atoms with Gasteiger partial charge in [-0.15, -0.1) is 23.1 Å². The second-order valence-corrected chi connectivity index (χ2v) is 7.77. The van der Waals surface area contributed by atoms with E-state index in [4.69, 9.17) is 4.98 Å². The van der Waals surface area contributed by atoms with Crippen LogP contribution >= 0.6 is 23.1 Å². The maximum atomic E-state index is 10.3. The van der Waals surface area contributed by atoms with Crippen LogP contribution in [0.5, 0.6) is 0 Å². The van der Waals surface area contributed by atoms with Gasteiger partial charge in [0.05, 0.1) is 21.9 Å². The lowest BCUT2D eigenvalue weighted by atomic mass is 10.0. The Morgan fingerprint density at radius 2 is 1.90 bits per heavy atom. The Bertz CT molecular complexity index is 556. The number of benzene rings is 1. The van der Waals surface area contributed by atoms with Crippen LogP contribution in [0.15, 0.2) is 35.2 Å². The molecule has 0 aliphatic heterocycles. The van der Waals surface area contributed by atoms with Crippen molar-refractivity contribution in [3.63, 3.8) is 0 Å². The molecule has 108 valence electrons. The van der Waals surface area contributed by atoms with Gasteiger partial charge < -0.3 is 5.11 Å². The van der Waals surface area contributed by atoms with Gasteiger partial charge in [0.2, 0.25) is 0 Å². The highest BCUT2D eigenvalue weighted by molar-refractivity contribution is 7.98. The van der Waals surface area contributed by atoms with Crippen molar-refractivity contribution >= 4 is 23.1 Å². The van der Waals surface area contributed by atoms with E-state index < -0.39 is 5.60 Å². The van der Waals surface area contributed by atoms with E-state index in [1.807, 2.05) is 32.0 Å². The molecular formula is C16H21NOS2. The molecule has 0 bridgehead atoms. The molecule has 2 aromatic rings. The Balaban J connectivity index is 2.17. The van der Waals surface area contributed by atoms with Crippen LogP contribution in [0, 0.1) is 0 Å². The normalized spacial score (nSPS) is 12.1. The SMILES string of the molecule is CC(C)c1nc(CSc2ccccc2)sc1C(C)(C)O. The molecule has 0 aliphatic rings. The second-order valence-electron chi connectivity index (χ2n) is 5.64. The van der Waals surface area contributed by atoms with Crippen LogP contribution in [-0.2, 0) is 11.4 Å². The Labute approximate surface area is 129 Å². The molecule has 0 aliphatic carbocycles. The highest BCUT2D eigenvalue weighted by Crippen LogP contribution is 2.35. The molecule has 0 saturated carbocycles. The molecule has 1 aromatic carbocycles. The van der Waals surface area contributed by atoms with Crippen molar-refractivity contribution in [1.82, 2.24) is 4.98 Å². The lowest BCUT2D eigenvalue weighted by Gasteiger charge is -2.17. The van der Waals surface area contributed by atoms with Crippen molar-refractivity contribution in [2.45, 2.75) is 49.9 Å². The van der Waals surface area contributed by atoms with E-state index in [1.165, 1.54) is 4.90 Å². The van der Waals surface area contributed by atoms with E-state index in [2.05, 4.69) is 26.0 Å². The lowest BCUT2D eigenvalue weighted by molar-refractivity contribution is 0.0811. The molecule has 0 fully saturated rings. The summed E-state index contributed by atoms with van der Waals surface area (Å²) in [6.45, 7) is 7.91. The Morgan fingerprint density at radius 1 is 1.25 bits per heavy atom. The predicted molar refractivity (Wildman–Crippen MR) is 87.5 cm³/mol. The zero-order valence-electron chi connectivity index (χ0n) is 12.4.